The van der Waals surface area contributed by atoms with Crippen LogP contribution in [0.2, 0.25) is 0 Å². The van der Waals surface area contributed by atoms with Gasteiger partial charge in [-0.05, 0) is 6.92 Å². The molecule has 0 radical (unpaired) electrons. The number of rotatable bonds is 6. The highest BCUT2D eigenvalue weighted by Crippen LogP contribution is 2.22. The predicted octanol–water partition coefficient (Wildman–Crippen LogP) is 0.114. The Morgan fingerprint density at radius 3 is 2.47 bits per heavy atom. The Kier molecular flexibility index (Phi) is 5.07. The van der Waals surface area contributed by atoms with Crippen molar-refractivity contribution < 1.29 is 8.42 Å². The molecule has 108 valence electrons. The Bertz CT molecular complexity index is 544. The van der Waals surface area contributed by atoms with Gasteiger partial charge in [0.1, 0.15) is 27.3 Å². The summed E-state index contributed by atoms with van der Waals surface area (Å²) in [6.45, 7) is 4.18. The summed E-state index contributed by atoms with van der Waals surface area (Å²) < 4.78 is 22.4. The fourth-order valence-electron chi connectivity index (χ4n) is 1.63. The molecule has 1 aromatic rings. The molecule has 0 spiro atoms. The minimum absolute atomic E-state index is 0.0831. The summed E-state index contributed by atoms with van der Waals surface area (Å²) in [5.41, 5.74) is 3.34. The SMILES string of the molecule is CCc1nc(NN)c(C)c(N(C)CCS(C)(=O)=O)n1. The maximum absolute atomic E-state index is 11.2. The molecule has 8 heteroatoms. The molecule has 1 heterocycles. The van der Waals surface area contributed by atoms with Crippen molar-refractivity contribution >= 4 is 21.5 Å². The summed E-state index contributed by atoms with van der Waals surface area (Å²) in [5.74, 6) is 7.44. The van der Waals surface area contributed by atoms with E-state index >= 15 is 0 Å². The average molecular weight is 287 g/mol. The van der Waals surface area contributed by atoms with E-state index in [0.717, 1.165) is 5.56 Å². The molecule has 0 aromatic carbocycles. The number of nitrogens with two attached hydrogens (primary N) is 1. The summed E-state index contributed by atoms with van der Waals surface area (Å²) in [6.07, 6.45) is 1.90. The number of nitrogen functional groups attached to an aromatic ring is 1. The van der Waals surface area contributed by atoms with Crippen molar-refractivity contribution in [1.82, 2.24) is 9.97 Å². The summed E-state index contributed by atoms with van der Waals surface area (Å²) in [6, 6.07) is 0. The number of anilines is 2. The van der Waals surface area contributed by atoms with E-state index in [1.54, 1.807) is 11.9 Å². The molecule has 0 bridgehead atoms. The minimum atomic E-state index is -3.00. The zero-order chi connectivity index (χ0) is 14.6. The van der Waals surface area contributed by atoms with Gasteiger partial charge in [-0.25, -0.2) is 24.2 Å². The highest BCUT2D eigenvalue weighted by Gasteiger charge is 2.14. The number of aromatic nitrogens is 2. The normalized spacial score (nSPS) is 11.4. The monoisotopic (exact) mass is 287 g/mol. The summed E-state index contributed by atoms with van der Waals surface area (Å²) in [4.78, 5) is 10.5. The van der Waals surface area contributed by atoms with Gasteiger partial charge in [-0.3, -0.25) is 0 Å². The van der Waals surface area contributed by atoms with E-state index in [1.807, 2.05) is 13.8 Å². The van der Waals surface area contributed by atoms with Gasteiger partial charge in [0, 0.05) is 31.8 Å². The molecule has 0 amide bonds. The third-order valence-corrected chi connectivity index (χ3v) is 3.70. The van der Waals surface area contributed by atoms with Crippen LogP contribution >= 0.6 is 0 Å². The fourth-order valence-corrected chi connectivity index (χ4v) is 2.23. The first-order valence-electron chi connectivity index (χ1n) is 6.01. The van der Waals surface area contributed by atoms with Crippen LogP contribution in [0.4, 0.5) is 11.6 Å². The molecule has 0 atom stereocenters. The Morgan fingerprint density at radius 2 is 2.00 bits per heavy atom. The fraction of sp³-hybridized carbons (Fsp3) is 0.636. The van der Waals surface area contributed by atoms with E-state index in [2.05, 4.69) is 15.4 Å². The van der Waals surface area contributed by atoms with Crippen molar-refractivity contribution in [2.75, 3.05) is 35.9 Å². The molecule has 0 aliphatic heterocycles. The van der Waals surface area contributed by atoms with Gasteiger partial charge in [0.2, 0.25) is 0 Å². The molecule has 0 aliphatic rings. The molecule has 0 saturated carbocycles. The van der Waals surface area contributed by atoms with Gasteiger partial charge in [-0.1, -0.05) is 6.92 Å². The lowest BCUT2D eigenvalue weighted by molar-refractivity contribution is 0.601. The number of aryl methyl sites for hydroxylation is 1. The largest absolute Gasteiger partial charge is 0.358 e. The first kappa shape index (κ1) is 15.6. The third-order valence-electron chi connectivity index (χ3n) is 2.78. The summed E-state index contributed by atoms with van der Waals surface area (Å²) in [7, 11) is -1.19. The molecule has 19 heavy (non-hydrogen) atoms. The Morgan fingerprint density at radius 1 is 1.37 bits per heavy atom. The number of sulfone groups is 1. The van der Waals surface area contributed by atoms with Crippen LogP contribution in [0, 0.1) is 6.92 Å². The van der Waals surface area contributed by atoms with Gasteiger partial charge < -0.3 is 10.3 Å². The van der Waals surface area contributed by atoms with Crippen molar-refractivity contribution in [1.29, 1.82) is 0 Å². The van der Waals surface area contributed by atoms with Gasteiger partial charge in [0.15, 0.2) is 0 Å². The van der Waals surface area contributed by atoms with E-state index in [-0.39, 0.29) is 5.75 Å². The smallest absolute Gasteiger partial charge is 0.149 e. The van der Waals surface area contributed by atoms with Crippen molar-refractivity contribution in [3.05, 3.63) is 11.4 Å². The standard InChI is InChI=1S/C11H21N5O2S/c1-5-9-13-10(15-12)8(2)11(14-9)16(3)6-7-19(4,17)18/h5-7,12H2,1-4H3,(H,13,14,15). The van der Waals surface area contributed by atoms with Crippen LogP contribution in [0.1, 0.15) is 18.3 Å². The molecule has 3 N–H and O–H groups in total. The van der Waals surface area contributed by atoms with Crippen molar-refractivity contribution in [2.45, 2.75) is 20.3 Å². The van der Waals surface area contributed by atoms with Crippen LogP contribution in [-0.2, 0) is 16.3 Å². The number of hydrazine groups is 1. The van der Waals surface area contributed by atoms with Crippen molar-refractivity contribution in [3.63, 3.8) is 0 Å². The molecule has 1 aromatic heterocycles. The number of nitrogens with one attached hydrogen (secondary N) is 1. The topological polar surface area (TPSA) is 101 Å². The van der Waals surface area contributed by atoms with Gasteiger partial charge in [0.05, 0.1) is 5.75 Å². The molecule has 0 fully saturated rings. The van der Waals surface area contributed by atoms with E-state index in [9.17, 15) is 8.42 Å². The maximum atomic E-state index is 11.2. The van der Waals surface area contributed by atoms with Gasteiger partial charge in [0.25, 0.3) is 0 Å². The Labute approximate surface area is 114 Å². The lowest BCUT2D eigenvalue weighted by Gasteiger charge is -2.21. The van der Waals surface area contributed by atoms with Crippen molar-refractivity contribution in [3.8, 4) is 0 Å². The maximum Gasteiger partial charge on any atom is 0.149 e. The first-order valence-corrected chi connectivity index (χ1v) is 8.07. The van der Waals surface area contributed by atoms with Crippen molar-refractivity contribution in [2.24, 2.45) is 5.84 Å². The molecule has 7 nitrogen and oxygen atoms in total. The zero-order valence-electron chi connectivity index (χ0n) is 11.8. The molecule has 0 unspecified atom stereocenters. The van der Waals surface area contributed by atoms with Crippen LogP contribution in [0.15, 0.2) is 0 Å². The second-order valence-corrected chi connectivity index (χ2v) is 6.75. The second kappa shape index (κ2) is 6.16. The molecular weight excluding hydrogens is 266 g/mol. The van der Waals surface area contributed by atoms with E-state index in [4.69, 9.17) is 5.84 Å². The quantitative estimate of drug-likeness (QED) is 0.566. The Hall–Kier alpha value is -1.41. The van der Waals surface area contributed by atoms with E-state index in [0.29, 0.717) is 30.4 Å². The highest BCUT2D eigenvalue weighted by atomic mass is 32.2. The zero-order valence-corrected chi connectivity index (χ0v) is 12.6. The van der Waals surface area contributed by atoms with Gasteiger partial charge >= 0.3 is 0 Å². The molecular formula is C11H21N5O2S. The molecule has 0 saturated heterocycles. The molecule has 1 rings (SSSR count). The Balaban J connectivity index is 3.04. The van der Waals surface area contributed by atoms with Gasteiger partial charge in [-0.15, -0.1) is 0 Å². The predicted molar refractivity (Wildman–Crippen MR) is 76.9 cm³/mol. The summed E-state index contributed by atoms with van der Waals surface area (Å²) >= 11 is 0. The lowest BCUT2D eigenvalue weighted by Crippen LogP contribution is -2.27. The number of nitrogens with zero attached hydrogens (tertiary/aromatic N) is 3. The highest BCUT2D eigenvalue weighted by molar-refractivity contribution is 7.90. The van der Waals surface area contributed by atoms with E-state index < -0.39 is 9.84 Å². The summed E-state index contributed by atoms with van der Waals surface area (Å²) in [5, 5.41) is 0. The van der Waals surface area contributed by atoms with Crippen LogP contribution in [-0.4, -0.2) is 44.0 Å². The lowest BCUT2D eigenvalue weighted by atomic mass is 10.2. The van der Waals surface area contributed by atoms with Crippen LogP contribution in [0.5, 0.6) is 0 Å². The van der Waals surface area contributed by atoms with Crippen LogP contribution < -0.4 is 16.2 Å². The van der Waals surface area contributed by atoms with Crippen LogP contribution in [0.25, 0.3) is 0 Å². The number of hydrogen-bond acceptors (Lipinski definition) is 7. The second-order valence-electron chi connectivity index (χ2n) is 4.49. The van der Waals surface area contributed by atoms with Crippen LogP contribution in [0.3, 0.4) is 0 Å². The third kappa shape index (κ3) is 4.32. The average Bonchev–Trinajstić information content (AvgIpc) is 2.35. The number of hydrogen-bond donors (Lipinski definition) is 2. The minimum Gasteiger partial charge on any atom is -0.358 e. The molecule has 0 aliphatic carbocycles. The van der Waals surface area contributed by atoms with E-state index in [1.165, 1.54) is 6.26 Å². The van der Waals surface area contributed by atoms with Gasteiger partial charge in [-0.2, -0.15) is 0 Å². The first-order chi connectivity index (χ1) is 8.78.